The first kappa shape index (κ1) is 22.4. The minimum Gasteiger partial charge on any atom is -0.497 e. The van der Waals surface area contributed by atoms with Crippen molar-refractivity contribution in [3.8, 4) is 11.5 Å². The smallest absolute Gasteiger partial charge is 0.346 e. The van der Waals surface area contributed by atoms with E-state index in [9.17, 15) is 9.59 Å². The van der Waals surface area contributed by atoms with E-state index in [0.29, 0.717) is 12.5 Å². The van der Waals surface area contributed by atoms with Gasteiger partial charge in [-0.1, -0.05) is 6.42 Å². The zero-order chi connectivity index (χ0) is 22.5. The van der Waals surface area contributed by atoms with Gasteiger partial charge in [0.25, 0.3) is 0 Å². The van der Waals surface area contributed by atoms with Gasteiger partial charge in [-0.15, -0.1) is 0 Å². The second-order valence-electron chi connectivity index (χ2n) is 8.90. The number of piperidine rings is 1. The average molecular weight is 443 g/mol. The second kappa shape index (κ2) is 10.2. The van der Waals surface area contributed by atoms with E-state index in [1.807, 2.05) is 11.0 Å². The highest BCUT2D eigenvalue weighted by Gasteiger charge is 2.25. The third-order valence-electron chi connectivity index (χ3n) is 6.79. The summed E-state index contributed by atoms with van der Waals surface area (Å²) in [6.07, 6.45) is 8.02. The van der Waals surface area contributed by atoms with Gasteiger partial charge in [-0.05, 0) is 62.1 Å². The van der Waals surface area contributed by atoms with Crippen molar-refractivity contribution in [2.45, 2.75) is 64.5 Å². The van der Waals surface area contributed by atoms with E-state index < -0.39 is 0 Å². The Labute approximate surface area is 189 Å². The number of methoxy groups -OCH3 is 2. The molecule has 0 N–H and O–H groups in total. The topological polar surface area (TPSA) is 78.6 Å². The summed E-state index contributed by atoms with van der Waals surface area (Å²) in [7, 11) is 3.33. The first-order valence-corrected chi connectivity index (χ1v) is 11.7. The largest absolute Gasteiger partial charge is 0.497 e. The molecule has 1 aromatic heterocycles. The van der Waals surface area contributed by atoms with Crippen LogP contribution in [0.5, 0.6) is 11.5 Å². The molecule has 32 heavy (non-hydrogen) atoms. The Morgan fingerprint density at radius 2 is 1.75 bits per heavy atom. The summed E-state index contributed by atoms with van der Waals surface area (Å²) in [4.78, 5) is 27.3. The normalized spacial score (nSPS) is 17.0. The second-order valence-corrected chi connectivity index (χ2v) is 8.90. The zero-order valence-corrected chi connectivity index (χ0v) is 19.2. The number of hydrogen-bond donors (Lipinski definition) is 0. The van der Waals surface area contributed by atoms with Gasteiger partial charge in [-0.25, -0.2) is 9.48 Å². The molecule has 8 nitrogen and oxygen atoms in total. The zero-order valence-electron chi connectivity index (χ0n) is 19.2. The van der Waals surface area contributed by atoms with Crippen LogP contribution in [0.4, 0.5) is 0 Å². The number of fused-ring (bicyclic) bond motifs is 1. The predicted molar refractivity (Wildman–Crippen MR) is 121 cm³/mol. The van der Waals surface area contributed by atoms with Crippen molar-refractivity contribution in [2.75, 3.05) is 27.3 Å². The quantitative estimate of drug-likeness (QED) is 0.659. The Morgan fingerprint density at radius 1 is 1.03 bits per heavy atom. The van der Waals surface area contributed by atoms with Crippen molar-refractivity contribution >= 4 is 5.91 Å². The van der Waals surface area contributed by atoms with E-state index in [1.54, 1.807) is 18.8 Å². The number of benzene rings is 1. The SMILES string of the molecule is COc1cc(CCC2CCN(C(=O)Cn3nc4n(c3=O)CCCCC4)CC2)cc(OC)c1. The van der Waals surface area contributed by atoms with Crippen molar-refractivity contribution in [3.05, 3.63) is 40.1 Å². The number of nitrogens with zero attached hydrogens (tertiary/aromatic N) is 4. The number of aryl methyl sites for hydroxylation is 2. The lowest BCUT2D eigenvalue weighted by atomic mass is 9.90. The molecule has 8 heteroatoms. The van der Waals surface area contributed by atoms with E-state index in [4.69, 9.17) is 9.47 Å². The molecule has 0 aliphatic carbocycles. The molecule has 1 aromatic carbocycles. The molecule has 0 atom stereocenters. The minimum absolute atomic E-state index is 0.00339. The van der Waals surface area contributed by atoms with Crippen LogP contribution in [0.2, 0.25) is 0 Å². The van der Waals surface area contributed by atoms with Gasteiger partial charge in [0.2, 0.25) is 5.91 Å². The maximum atomic E-state index is 12.8. The number of likely N-dealkylation sites (tertiary alicyclic amines) is 1. The summed E-state index contributed by atoms with van der Waals surface area (Å²) in [6.45, 7) is 2.25. The molecule has 1 fully saturated rings. The molecule has 0 radical (unpaired) electrons. The Kier molecular flexibility index (Phi) is 7.17. The first-order chi connectivity index (χ1) is 15.6. The predicted octanol–water partition coefficient (Wildman–Crippen LogP) is 2.66. The highest BCUT2D eigenvalue weighted by Crippen LogP contribution is 2.27. The molecule has 0 unspecified atom stereocenters. The third-order valence-corrected chi connectivity index (χ3v) is 6.79. The van der Waals surface area contributed by atoms with Crippen molar-refractivity contribution in [3.63, 3.8) is 0 Å². The minimum atomic E-state index is -0.140. The molecule has 174 valence electrons. The van der Waals surface area contributed by atoms with Crippen molar-refractivity contribution in [1.29, 1.82) is 0 Å². The van der Waals surface area contributed by atoms with Crippen LogP contribution >= 0.6 is 0 Å². The summed E-state index contributed by atoms with van der Waals surface area (Å²) >= 11 is 0. The summed E-state index contributed by atoms with van der Waals surface area (Å²) in [6, 6.07) is 6.01. The fourth-order valence-electron chi connectivity index (χ4n) is 4.81. The first-order valence-electron chi connectivity index (χ1n) is 11.7. The maximum absolute atomic E-state index is 12.8. The maximum Gasteiger partial charge on any atom is 0.346 e. The van der Waals surface area contributed by atoms with Crippen molar-refractivity contribution in [2.24, 2.45) is 5.92 Å². The molecule has 1 saturated heterocycles. The van der Waals surface area contributed by atoms with E-state index in [1.165, 1.54) is 10.2 Å². The van der Waals surface area contributed by atoms with Crippen LogP contribution in [0.1, 0.15) is 49.9 Å². The van der Waals surface area contributed by atoms with Gasteiger partial charge >= 0.3 is 5.69 Å². The van der Waals surface area contributed by atoms with Gasteiger partial charge in [-0.3, -0.25) is 9.36 Å². The van der Waals surface area contributed by atoms with Crippen LogP contribution in [-0.4, -0.2) is 52.5 Å². The lowest BCUT2D eigenvalue weighted by molar-refractivity contribution is -0.133. The lowest BCUT2D eigenvalue weighted by Crippen LogP contribution is -2.42. The summed E-state index contributed by atoms with van der Waals surface area (Å²) < 4.78 is 13.8. The number of ether oxygens (including phenoxy) is 2. The Hall–Kier alpha value is -2.77. The summed E-state index contributed by atoms with van der Waals surface area (Å²) in [5.74, 6) is 3.03. The van der Waals surface area contributed by atoms with Gasteiger partial charge < -0.3 is 14.4 Å². The molecule has 0 bridgehead atoms. The molecule has 3 heterocycles. The number of carbonyl (C=O) groups is 1. The molecule has 2 aromatic rings. The molecule has 0 saturated carbocycles. The van der Waals surface area contributed by atoms with Crippen molar-refractivity contribution in [1.82, 2.24) is 19.2 Å². The highest BCUT2D eigenvalue weighted by atomic mass is 16.5. The van der Waals surface area contributed by atoms with Crippen LogP contribution in [0, 0.1) is 5.92 Å². The Balaban J connectivity index is 1.28. The Morgan fingerprint density at radius 3 is 2.44 bits per heavy atom. The molecular weight excluding hydrogens is 408 g/mol. The van der Waals surface area contributed by atoms with Gasteiger partial charge in [-0.2, -0.15) is 5.10 Å². The average Bonchev–Trinajstić information content (AvgIpc) is 2.97. The number of carbonyl (C=O) groups excluding carboxylic acids is 1. The Bertz CT molecular complexity index is 966. The fourth-order valence-corrected chi connectivity index (χ4v) is 4.81. The summed E-state index contributed by atoms with van der Waals surface area (Å²) in [5.41, 5.74) is 1.07. The van der Waals surface area contributed by atoms with Crippen LogP contribution in [0.25, 0.3) is 0 Å². The van der Waals surface area contributed by atoms with Gasteiger partial charge in [0.1, 0.15) is 23.9 Å². The summed E-state index contributed by atoms with van der Waals surface area (Å²) in [5, 5.41) is 4.45. The molecular formula is C24H34N4O4. The lowest BCUT2D eigenvalue weighted by Gasteiger charge is -2.32. The number of amides is 1. The molecule has 2 aliphatic heterocycles. The van der Waals surface area contributed by atoms with Crippen LogP contribution in [-0.2, 0) is 30.7 Å². The van der Waals surface area contributed by atoms with E-state index in [-0.39, 0.29) is 18.1 Å². The third kappa shape index (κ3) is 5.16. The standard InChI is InChI=1S/C24H34N4O4/c1-31-20-14-19(15-21(16-20)32-2)8-7-18-9-12-26(13-10-18)23(29)17-28-24(30)27-11-5-3-4-6-22(27)25-28/h14-16,18H,3-13,17H2,1-2H3. The van der Waals surface area contributed by atoms with Gasteiger partial charge in [0.05, 0.1) is 14.2 Å². The van der Waals surface area contributed by atoms with E-state index >= 15 is 0 Å². The number of aromatic nitrogens is 3. The molecule has 1 amide bonds. The van der Waals surface area contributed by atoms with Crippen LogP contribution in [0.15, 0.2) is 23.0 Å². The van der Waals surface area contributed by atoms with Crippen LogP contribution in [0.3, 0.4) is 0 Å². The molecule has 2 aliphatic rings. The van der Waals surface area contributed by atoms with Gasteiger partial charge in [0, 0.05) is 32.1 Å². The number of hydrogen-bond acceptors (Lipinski definition) is 5. The van der Waals surface area contributed by atoms with Gasteiger partial charge in [0.15, 0.2) is 0 Å². The monoisotopic (exact) mass is 442 g/mol. The fraction of sp³-hybridized carbons (Fsp3) is 0.625. The van der Waals surface area contributed by atoms with Crippen molar-refractivity contribution < 1.29 is 14.3 Å². The van der Waals surface area contributed by atoms with E-state index in [0.717, 1.165) is 81.8 Å². The number of rotatable bonds is 7. The molecule has 0 spiro atoms. The van der Waals surface area contributed by atoms with E-state index in [2.05, 4.69) is 17.2 Å². The molecule has 4 rings (SSSR count). The van der Waals surface area contributed by atoms with Crippen LogP contribution < -0.4 is 15.2 Å². The highest BCUT2D eigenvalue weighted by molar-refractivity contribution is 5.75.